The molecule has 1 aromatic carbocycles. The van der Waals surface area contributed by atoms with Crippen molar-refractivity contribution in [3.63, 3.8) is 0 Å². The van der Waals surface area contributed by atoms with Crippen LogP contribution in [0.4, 0.5) is 0 Å². The van der Waals surface area contributed by atoms with Gasteiger partial charge in [0.2, 0.25) is 11.8 Å². The van der Waals surface area contributed by atoms with Crippen molar-refractivity contribution >= 4 is 30.1 Å². The Morgan fingerprint density at radius 2 is 2.04 bits per heavy atom. The van der Waals surface area contributed by atoms with Gasteiger partial charge >= 0.3 is 0 Å². The van der Waals surface area contributed by atoms with Gasteiger partial charge in [-0.25, -0.2) is 4.98 Å². The molecule has 0 saturated carbocycles. The minimum Gasteiger partial charge on any atom is -0.444 e. The molecular weight excluding hydrogens is 358 g/mol. The van der Waals surface area contributed by atoms with Gasteiger partial charge in [-0.05, 0) is 24.5 Å². The molecule has 7 heteroatoms. The van der Waals surface area contributed by atoms with Crippen molar-refractivity contribution in [1.82, 2.24) is 10.3 Å². The molecule has 1 amide bonds. The van der Waals surface area contributed by atoms with Crippen LogP contribution in [0.1, 0.15) is 26.0 Å². The van der Waals surface area contributed by atoms with E-state index in [-0.39, 0.29) is 24.4 Å². The number of thioether (sulfide) groups is 1. The number of carbonyl (C=O) groups excluding carboxylic acids is 1. The van der Waals surface area contributed by atoms with Crippen molar-refractivity contribution in [2.24, 2.45) is 11.7 Å². The number of nitrogens with zero attached hydrogens (tertiary/aromatic N) is 1. The molecule has 0 aliphatic carbocycles. The van der Waals surface area contributed by atoms with Crippen molar-refractivity contribution in [2.75, 3.05) is 12.3 Å². The molecule has 0 spiro atoms. The fourth-order valence-electron chi connectivity index (χ4n) is 2.39. The molecule has 0 aliphatic rings. The van der Waals surface area contributed by atoms with Crippen LogP contribution in [0.5, 0.6) is 0 Å². The molecule has 5 nitrogen and oxygen atoms in total. The molecule has 1 atom stereocenters. The molecule has 1 unspecified atom stereocenters. The molecule has 0 aliphatic heterocycles. The third-order valence-electron chi connectivity index (χ3n) is 3.46. The minimum absolute atomic E-state index is 0. The average Bonchev–Trinajstić information content (AvgIpc) is 3.03. The number of carbonyl (C=O) groups is 1. The number of nitrogens with one attached hydrogen (secondary N) is 1. The van der Waals surface area contributed by atoms with Crippen LogP contribution >= 0.6 is 24.2 Å². The maximum Gasteiger partial charge on any atom is 0.230 e. The van der Waals surface area contributed by atoms with Gasteiger partial charge in [0.1, 0.15) is 6.26 Å². The predicted molar refractivity (Wildman–Crippen MR) is 106 cm³/mol. The molecular formula is C18H26ClN3O2S. The monoisotopic (exact) mass is 383 g/mol. The van der Waals surface area contributed by atoms with Crippen LogP contribution in [0.2, 0.25) is 0 Å². The summed E-state index contributed by atoms with van der Waals surface area (Å²) in [7, 11) is 0. The Morgan fingerprint density at radius 1 is 1.32 bits per heavy atom. The molecule has 1 aromatic heterocycles. The van der Waals surface area contributed by atoms with Crippen LogP contribution in [-0.4, -0.2) is 29.2 Å². The quantitative estimate of drug-likeness (QED) is 0.692. The van der Waals surface area contributed by atoms with E-state index < -0.39 is 0 Å². The summed E-state index contributed by atoms with van der Waals surface area (Å²) in [5.74, 6) is 2.17. The molecule has 25 heavy (non-hydrogen) atoms. The van der Waals surface area contributed by atoms with E-state index >= 15 is 0 Å². The zero-order valence-electron chi connectivity index (χ0n) is 14.6. The highest BCUT2D eigenvalue weighted by atomic mass is 35.5. The Hall–Kier alpha value is -1.50. The van der Waals surface area contributed by atoms with Crippen molar-refractivity contribution in [3.05, 3.63) is 42.3 Å². The van der Waals surface area contributed by atoms with Gasteiger partial charge in [-0.3, -0.25) is 4.79 Å². The summed E-state index contributed by atoms with van der Waals surface area (Å²) in [4.78, 5) is 16.4. The van der Waals surface area contributed by atoms with Crippen LogP contribution in [0.15, 0.2) is 41.0 Å². The highest BCUT2D eigenvalue weighted by Gasteiger charge is 2.13. The molecule has 138 valence electrons. The van der Waals surface area contributed by atoms with Gasteiger partial charge < -0.3 is 15.5 Å². The lowest BCUT2D eigenvalue weighted by Gasteiger charge is -2.18. The van der Waals surface area contributed by atoms with Gasteiger partial charge in [0.05, 0.1) is 11.4 Å². The standard InChI is InChI=1S/C18H25N3O2S.ClH/c1-13(2)8-15(9-19)20-17(22)12-24-11-16-10-23-18(21-16)14-6-4-3-5-7-14;/h3-7,10,13,15H,8-9,11-12,19H2,1-2H3,(H,20,22);1H. The first-order valence-corrected chi connectivity index (χ1v) is 9.31. The molecule has 0 fully saturated rings. The van der Waals surface area contributed by atoms with Gasteiger partial charge in [0.25, 0.3) is 0 Å². The van der Waals surface area contributed by atoms with Gasteiger partial charge in [-0.2, -0.15) is 0 Å². The molecule has 2 rings (SSSR count). The fraction of sp³-hybridized carbons (Fsp3) is 0.444. The minimum atomic E-state index is 0. The fourth-order valence-corrected chi connectivity index (χ4v) is 3.10. The SMILES string of the molecule is CC(C)CC(CN)NC(=O)CSCc1coc(-c2ccccc2)n1.Cl. The van der Waals surface area contributed by atoms with Crippen LogP contribution < -0.4 is 11.1 Å². The van der Waals surface area contributed by atoms with Crippen molar-refractivity contribution in [2.45, 2.75) is 32.1 Å². The number of amides is 1. The van der Waals surface area contributed by atoms with E-state index in [1.54, 1.807) is 6.26 Å². The van der Waals surface area contributed by atoms with Crippen LogP contribution in [0, 0.1) is 5.92 Å². The van der Waals surface area contributed by atoms with Crippen LogP contribution in [0.3, 0.4) is 0 Å². The highest BCUT2D eigenvalue weighted by Crippen LogP contribution is 2.20. The van der Waals surface area contributed by atoms with E-state index in [9.17, 15) is 4.79 Å². The second-order valence-corrected chi connectivity index (χ2v) is 7.12. The number of nitrogens with two attached hydrogens (primary N) is 1. The maximum absolute atomic E-state index is 12.0. The summed E-state index contributed by atoms with van der Waals surface area (Å²) in [6, 6.07) is 9.81. The van der Waals surface area contributed by atoms with E-state index in [1.807, 2.05) is 30.3 Å². The van der Waals surface area contributed by atoms with E-state index in [1.165, 1.54) is 11.8 Å². The third-order valence-corrected chi connectivity index (χ3v) is 4.43. The van der Waals surface area contributed by atoms with Crippen LogP contribution in [0.25, 0.3) is 11.5 Å². The second-order valence-electron chi connectivity index (χ2n) is 6.13. The number of rotatable bonds is 9. The molecule has 1 heterocycles. The van der Waals surface area contributed by atoms with Crippen molar-refractivity contribution in [1.29, 1.82) is 0 Å². The van der Waals surface area contributed by atoms with Crippen molar-refractivity contribution < 1.29 is 9.21 Å². The molecule has 2 aromatic rings. The lowest BCUT2D eigenvalue weighted by molar-refractivity contribution is -0.119. The first kappa shape index (κ1) is 21.5. The van der Waals surface area contributed by atoms with E-state index in [0.29, 0.717) is 29.9 Å². The molecule has 0 bridgehead atoms. The number of hydrogen-bond acceptors (Lipinski definition) is 5. The van der Waals surface area contributed by atoms with Gasteiger partial charge in [0, 0.05) is 23.9 Å². The average molecular weight is 384 g/mol. The Kier molecular flexibility index (Phi) is 9.63. The summed E-state index contributed by atoms with van der Waals surface area (Å²) in [6.45, 7) is 4.72. The number of benzene rings is 1. The predicted octanol–water partition coefficient (Wildman–Crippen LogP) is 3.49. The summed E-state index contributed by atoms with van der Waals surface area (Å²) in [6.07, 6.45) is 2.55. The number of halogens is 1. The van der Waals surface area contributed by atoms with Crippen molar-refractivity contribution in [3.8, 4) is 11.5 Å². The van der Waals surface area contributed by atoms with Gasteiger partial charge in [0.15, 0.2) is 0 Å². The molecule has 0 radical (unpaired) electrons. The van der Waals surface area contributed by atoms with E-state index in [4.69, 9.17) is 10.2 Å². The Morgan fingerprint density at radius 3 is 2.68 bits per heavy atom. The van der Waals surface area contributed by atoms with Gasteiger partial charge in [-0.1, -0.05) is 32.0 Å². The Labute approximate surface area is 159 Å². The molecule has 3 N–H and O–H groups in total. The largest absolute Gasteiger partial charge is 0.444 e. The van der Waals surface area contributed by atoms with E-state index in [0.717, 1.165) is 17.7 Å². The van der Waals surface area contributed by atoms with Crippen LogP contribution in [-0.2, 0) is 10.5 Å². The Balaban J connectivity index is 0.00000312. The number of oxazole rings is 1. The number of hydrogen-bond donors (Lipinski definition) is 2. The zero-order valence-corrected chi connectivity index (χ0v) is 16.2. The summed E-state index contributed by atoms with van der Waals surface area (Å²) in [5.41, 5.74) is 7.49. The second kappa shape index (κ2) is 11.2. The summed E-state index contributed by atoms with van der Waals surface area (Å²) in [5, 5.41) is 2.99. The highest BCUT2D eigenvalue weighted by molar-refractivity contribution is 7.99. The normalized spacial score (nSPS) is 11.8. The summed E-state index contributed by atoms with van der Waals surface area (Å²) >= 11 is 1.52. The first-order valence-electron chi connectivity index (χ1n) is 8.15. The Bertz CT molecular complexity index is 634. The summed E-state index contributed by atoms with van der Waals surface area (Å²) < 4.78 is 5.49. The lowest BCUT2D eigenvalue weighted by Crippen LogP contribution is -2.41. The van der Waals surface area contributed by atoms with Gasteiger partial charge in [-0.15, -0.1) is 24.2 Å². The third kappa shape index (κ3) is 7.50. The first-order chi connectivity index (χ1) is 11.6. The maximum atomic E-state index is 12.0. The molecule has 0 saturated heterocycles. The zero-order chi connectivity index (χ0) is 17.4. The smallest absolute Gasteiger partial charge is 0.230 e. The topological polar surface area (TPSA) is 81.1 Å². The van der Waals surface area contributed by atoms with E-state index in [2.05, 4.69) is 24.1 Å². The lowest BCUT2D eigenvalue weighted by atomic mass is 10.0. The number of aromatic nitrogens is 1.